The molecule has 0 bridgehead atoms. The Kier molecular flexibility index (Phi) is 11.2. The van der Waals surface area contributed by atoms with E-state index >= 15 is 0 Å². The number of Topliss-reactive ketones (excluding diaryl/α,β-unsaturated/α-hetero) is 1. The molecule has 0 saturated carbocycles. The third-order valence-electron chi connectivity index (χ3n) is 5.64. The van der Waals surface area contributed by atoms with E-state index in [2.05, 4.69) is 0 Å². The fraction of sp³-hybridized carbons (Fsp3) is 0.370. The van der Waals surface area contributed by atoms with Crippen LogP contribution in [-0.2, 0) is 12.8 Å². The molecule has 3 aromatic rings. The second-order valence-corrected chi connectivity index (χ2v) is 8.45. The number of rotatable bonds is 12. The van der Waals surface area contributed by atoms with Crippen molar-refractivity contribution in [2.24, 2.45) is 0 Å². The van der Waals surface area contributed by atoms with Crippen LogP contribution in [0.15, 0.2) is 39.5 Å². The van der Waals surface area contributed by atoms with Crippen LogP contribution in [0.5, 0.6) is 17.2 Å². The molecule has 1 atom stereocenters. The van der Waals surface area contributed by atoms with Crippen molar-refractivity contribution in [3.8, 4) is 17.2 Å². The van der Waals surface area contributed by atoms with Gasteiger partial charge in [0.15, 0.2) is 17.0 Å². The predicted molar refractivity (Wildman–Crippen MR) is 130 cm³/mol. The second kappa shape index (κ2) is 13.6. The SMILES string of the molecule is CCCc1c(OCC(O)COc2ccc3c(=O)cc(C(=O)[O-])oc3c2CCC)ccc(C(C)=O)c1O.[Na+]. The minimum absolute atomic E-state index is 0. The molecule has 0 aliphatic rings. The fourth-order valence-corrected chi connectivity index (χ4v) is 3.93. The zero-order chi connectivity index (χ0) is 26.4. The third-order valence-corrected chi connectivity index (χ3v) is 5.64. The smallest absolute Gasteiger partial charge is 0.542 e. The van der Waals surface area contributed by atoms with Crippen LogP contribution in [0.2, 0.25) is 0 Å². The van der Waals surface area contributed by atoms with Gasteiger partial charge in [-0.15, -0.1) is 0 Å². The molecular weight excluding hydrogens is 491 g/mol. The summed E-state index contributed by atoms with van der Waals surface area (Å²) < 4.78 is 17.0. The Morgan fingerprint density at radius 1 is 1.00 bits per heavy atom. The molecule has 192 valence electrons. The number of hydrogen-bond donors (Lipinski definition) is 2. The van der Waals surface area contributed by atoms with Gasteiger partial charge in [0.2, 0.25) is 0 Å². The number of phenols is 1. The maximum absolute atomic E-state index is 12.3. The minimum atomic E-state index is -1.60. The Bertz CT molecular complexity index is 1330. The minimum Gasteiger partial charge on any atom is -0.542 e. The molecule has 0 radical (unpaired) electrons. The number of carboxylic acid groups (broad SMARTS) is 1. The molecule has 3 rings (SSSR count). The van der Waals surface area contributed by atoms with Gasteiger partial charge in [0.05, 0.1) is 10.9 Å². The summed E-state index contributed by atoms with van der Waals surface area (Å²) in [6.07, 6.45) is 1.27. The van der Waals surface area contributed by atoms with E-state index in [-0.39, 0.29) is 70.8 Å². The first-order chi connectivity index (χ1) is 17.2. The molecular formula is C27H29NaO9. The van der Waals surface area contributed by atoms with Gasteiger partial charge in [0.1, 0.15) is 48.1 Å². The van der Waals surface area contributed by atoms with Crippen molar-refractivity contribution in [1.82, 2.24) is 0 Å². The van der Waals surface area contributed by atoms with E-state index in [0.717, 1.165) is 12.5 Å². The van der Waals surface area contributed by atoms with Crippen molar-refractivity contribution in [3.05, 3.63) is 63.0 Å². The van der Waals surface area contributed by atoms with Crippen molar-refractivity contribution in [2.75, 3.05) is 13.2 Å². The topological polar surface area (TPSA) is 146 Å². The van der Waals surface area contributed by atoms with Crippen molar-refractivity contribution < 1.29 is 68.4 Å². The summed E-state index contributed by atoms with van der Waals surface area (Å²) in [7, 11) is 0. The van der Waals surface area contributed by atoms with E-state index in [4.69, 9.17) is 13.9 Å². The number of carbonyl (C=O) groups is 2. The molecule has 37 heavy (non-hydrogen) atoms. The van der Waals surface area contributed by atoms with Crippen LogP contribution in [0.1, 0.15) is 65.7 Å². The maximum atomic E-state index is 12.3. The molecule has 0 saturated heterocycles. The molecule has 1 aromatic heterocycles. The molecule has 2 N–H and O–H groups in total. The number of carboxylic acids is 1. The molecule has 10 heteroatoms. The van der Waals surface area contributed by atoms with E-state index in [1.165, 1.54) is 19.1 Å². The molecule has 0 fully saturated rings. The molecule has 1 unspecified atom stereocenters. The standard InChI is InChI=1S/C27H30O9.Na/c1-4-6-19-22(10-8-17(15(3)28)25(19)31)34-13-16(29)14-35-23-11-9-18-21(30)12-24(27(32)33)36-26(18)20(23)7-5-2;/h8-12,16,29,31H,4-7,13-14H2,1-3H3,(H,32,33);/q;+1/p-1. The Morgan fingerprint density at radius 3 is 2.14 bits per heavy atom. The van der Waals surface area contributed by atoms with Gasteiger partial charge in [0.25, 0.3) is 0 Å². The van der Waals surface area contributed by atoms with Crippen molar-refractivity contribution in [3.63, 3.8) is 0 Å². The van der Waals surface area contributed by atoms with Crippen LogP contribution in [-0.4, -0.2) is 41.3 Å². The summed E-state index contributed by atoms with van der Waals surface area (Å²) in [4.78, 5) is 35.3. The van der Waals surface area contributed by atoms with Gasteiger partial charge >= 0.3 is 29.6 Å². The Hall–Kier alpha value is -2.85. The summed E-state index contributed by atoms with van der Waals surface area (Å²) in [6, 6.07) is 7.01. The molecule has 2 aromatic carbocycles. The third kappa shape index (κ3) is 7.13. The van der Waals surface area contributed by atoms with Crippen LogP contribution in [0.25, 0.3) is 11.0 Å². The zero-order valence-corrected chi connectivity index (χ0v) is 23.5. The van der Waals surface area contributed by atoms with E-state index in [0.29, 0.717) is 41.9 Å². The number of carbonyl (C=O) groups excluding carboxylic acids is 2. The molecule has 9 nitrogen and oxygen atoms in total. The summed E-state index contributed by atoms with van der Waals surface area (Å²) in [5.41, 5.74) is 0.824. The van der Waals surface area contributed by atoms with E-state index in [9.17, 15) is 29.7 Å². The number of benzene rings is 2. The molecule has 0 amide bonds. The average Bonchev–Trinajstić information content (AvgIpc) is 2.83. The van der Waals surface area contributed by atoms with E-state index in [1.54, 1.807) is 12.1 Å². The number of aromatic carboxylic acids is 1. The van der Waals surface area contributed by atoms with Crippen LogP contribution < -0.4 is 49.6 Å². The average molecular weight is 521 g/mol. The number of fused-ring (bicyclic) bond motifs is 1. The largest absolute Gasteiger partial charge is 1.00 e. The first-order valence-electron chi connectivity index (χ1n) is 11.8. The first kappa shape index (κ1) is 30.4. The number of aromatic hydroxyl groups is 1. The van der Waals surface area contributed by atoms with Crippen molar-refractivity contribution >= 4 is 22.7 Å². The number of hydrogen-bond acceptors (Lipinski definition) is 9. The van der Waals surface area contributed by atoms with Gasteiger partial charge in [-0.3, -0.25) is 9.59 Å². The number of phenolic OH excluding ortho intramolecular Hbond substituents is 1. The van der Waals surface area contributed by atoms with Crippen LogP contribution in [0.3, 0.4) is 0 Å². The number of aryl methyl sites for hydroxylation is 1. The van der Waals surface area contributed by atoms with E-state index < -0.39 is 23.3 Å². The van der Waals surface area contributed by atoms with Crippen molar-refractivity contribution in [2.45, 2.75) is 52.6 Å². The maximum Gasteiger partial charge on any atom is 1.00 e. The molecule has 1 heterocycles. The molecule has 0 spiro atoms. The predicted octanol–water partition coefficient (Wildman–Crippen LogP) is -0.208. The number of aliphatic hydroxyl groups excluding tert-OH is 1. The quantitative estimate of drug-likeness (QED) is 0.245. The Labute approximate surface area is 236 Å². The summed E-state index contributed by atoms with van der Waals surface area (Å²) in [6.45, 7) is 4.91. The van der Waals surface area contributed by atoms with Gasteiger partial charge in [-0.25, -0.2) is 0 Å². The number of ether oxygens (including phenoxy) is 2. The number of aliphatic hydroxyl groups is 1. The van der Waals surface area contributed by atoms with Crippen LogP contribution in [0.4, 0.5) is 0 Å². The van der Waals surface area contributed by atoms with E-state index in [1.807, 2.05) is 13.8 Å². The van der Waals surface area contributed by atoms with Gasteiger partial charge in [-0.2, -0.15) is 0 Å². The first-order valence-corrected chi connectivity index (χ1v) is 11.8. The molecule has 0 aliphatic heterocycles. The normalized spacial score (nSPS) is 11.6. The van der Waals surface area contributed by atoms with Gasteiger partial charge in [-0.1, -0.05) is 26.7 Å². The second-order valence-electron chi connectivity index (χ2n) is 8.45. The monoisotopic (exact) mass is 520 g/mol. The summed E-state index contributed by atoms with van der Waals surface area (Å²) in [5.74, 6) is -1.84. The number of ketones is 1. The summed E-state index contributed by atoms with van der Waals surface area (Å²) >= 11 is 0. The zero-order valence-electron chi connectivity index (χ0n) is 21.5. The Balaban J connectivity index is 0.00000481. The van der Waals surface area contributed by atoms with Crippen molar-refractivity contribution in [1.29, 1.82) is 0 Å². The van der Waals surface area contributed by atoms with Crippen LogP contribution in [0, 0.1) is 0 Å². The van der Waals surface area contributed by atoms with Crippen LogP contribution >= 0.6 is 0 Å². The van der Waals surface area contributed by atoms with Gasteiger partial charge < -0.3 is 34.0 Å². The van der Waals surface area contributed by atoms with Gasteiger partial charge in [0, 0.05) is 17.2 Å². The molecule has 0 aliphatic carbocycles. The fourth-order valence-electron chi connectivity index (χ4n) is 3.93. The Morgan fingerprint density at radius 2 is 1.57 bits per heavy atom. The summed E-state index contributed by atoms with van der Waals surface area (Å²) in [5, 5.41) is 32.4. The van der Waals surface area contributed by atoms with Gasteiger partial charge in [-0.05, 0) is 44.0 Å².